The Morgan fingerprint density at radius 1 is 0.864 bits per heavy atom. The average molecular weight is 286 g/mol. The van der Waals surface area contributed by atoms with Crippen molar-refractivity contribution >= 4 is 5.84 Å². The molecule has 2 heteroatoms. The lowest BCUT2D eigenvalue weighted by molar-refractivity contribution is 0.620. The van der Waals surface area contributed by atoms with Crippen molar-refractivity contribution in [3.63, 3.8) is 0 Å². The molecule has 2 nitrogen and oxygen atoms in total. The van der Waals surface area contributed by atoms with Gasteiger partial charge in [-0.1, -0.05) is 72.8 Å². The lowest BCUT2D eigenvalue weighted by Gasteiger charge is -2.35. The van der Waals surface area contributed by atoms with Crippen LogP contribution in [0.3, 0.4) is 0 Å². The molecule has 108 valence electrons. The molecule has 1 aliphatic carbocycles. The molecular weight excluding hydrogens is 268 g/mol. The summed E-state index contributed by atoms with van der Waals surface area (Å²) in [6.07, 6.45) is 5.39. The summed E-state index contributed by atoms with van der Waals surface area (Å²) in [6.45, 7) is 0.729. The van der Waals surface area contributed by atoms with Gasteiger partial charge in [0.15, 0.2) is 0 Å². The Hall–Kier alpha value is -2.61. The molecule has 2 aliphatic rings. The van der Waals surface area contributed by atoms with E-state index in [0.717, 1.165) is 18.5 Å². The van der Waals surface area contributed by atoms with Gasteiger partial charge in [0.1, 0.15) is 5.84 Å². The first-order chi connectivity index (χ1) is 10.8. The van der Waals surface area contributed by atoms with Gasteiger partial charge in [-0.15, -0.1) is 0 Å². The molecule has 2 N–H and O–H groups in total. The zero-order valence-electron chi connectivity index (χ0n) is 12.4. The number of hydrogen-bond acceptors (Lipinski definition) is 2. The van der Waals surface area contributed by atoms with E-state index < -0.39 is 0 Å². The van der Waals surface area contributed by atoms with E-state index in [1.165, 1.54) is 16.7 Å². The Labute approximate surface area is 130 Å². The minimum atomic E-state index is -0.124. The fraction of sp³-hybridized carbons (Fsp3) is 0.150. The van der Waals surface area contributed by atoms with E-state index >= 15 is 0 Å². The maximum atomic E-state index is 6.00. The Morgan fingerprint density at radius 2 is 1.45 bits per heavy atom. The zero-order chi connectivity index (χ0) is 15.0. The molecule has 0 amide bonds. The maximum absolute atomic E-state index is 6.00. The van der Waals surface area contributed by atoms with E-state index in [0.29, 0.717) is 5.84 Å². The first kappa shape index (κ1) is 13.1. The highest BCUT2D eigenvalue weighted by Gasteiger charge is 2.36. The van der Waals surface area contributed by atoms with Crippen LogP contribution in [0.1, 0.15) is 17.5 Å². The fourth-order valence-electron chi connectivity index (χ4n) is 3.54. The van der Waals surface area contributed by atoms with Crippen LogP contribution < -0.4 is 5.73 Å². The lowest BCUT2D eigenvalue weighted by Crippen LogP contribution is -2.29. The molecule has 1 heterocycles. The van der Waals surface area contributed by atoms with Crippen molar-refractivity contribution in [1.29, 1.82) is 0 Å². The quantitative estimate of drug-likeness (QED) is 0.900. The van der Waals surface area contributed by atoms with Crippen molar-refractivity contribution in [2.24, 2.45) is 10.7 Å². The van der Waals surface area contributed by atoms with Crippen LogP contribution in [-0.4, -0.2) is 12.4 Å². The fourth-order valence-corrected chi connectivity index (χ4v) is 3.54. The highest BCUT2D eigenvalue weighted by atomic mass is 14.9. The van der Waals surface area contributed by atoms with E-state index in [9.17, 15) is 0 Å². The van der Waals surface area contributed by atoms with Gasteiger partial charge >= 0.3 is 0 Å². The Kier molecular flexibility index (Phi) is 2.97. The molecule has 0 saturated carbocycles. The largest absolute Gasteiger partial charge is 0.383 e. The van der Waals surface area contributed by atoms with Crippen LogP contribution in [0.2, 0.25) is 0 Å². The molecule has 0 bridgehead atoms. The monoisotopic (exact) mass is 286 g/mol. The molecule has 0 saturated heterocycles. The van der Waals surface area contributed by atoms with E-state index in [-0.39, 0.29) is 5.41 Å². The van der Waals surface area contributed by atoms with Crippen LogP contribution in [0.25, 0.3) is 0 Å². The van der Waals surface area contributed by atoms with Crippen molar-refractivity contribution in [3.8, 4) is 0 Å². The predicted molar refractivity (Wildman–Crippen MR) is 90.9 cm³/mol. The van der Waals surface area contributed by atoms with Gasteiger partial charge in [-0.2, -0.15) is 0 Å². The molecule has 0 aromatic heterocycles. The van der Waals surface area contributed by atoms with E-state index in [1.807, 2.05) is 0 Å². The Balaban J connectivity index is 1.87. The zero-order valence-corrected chi connectivity index (χ0v) is 12.4. The van der Waals surface area contributed by atoms with E-state index in [1.54, 1.807) is 0 Å². The second-order valence-corrected chi connectivity index (χ2v) is 5.93. The summed E-state index contributed by atoms with van der Waals surface area (Å²) in [4.78, 5) is 4.40. The first-order valence-corrected chi connectivity index (χ1v) is 7.62. The SMILES string of the molecule is NC1=NCC2=C1C=CC(c1ccccc1)(c1ccccc1)C2. The third-order valence-corrected chi connectivity index (χ3v) is 4.70. The van der Waals surface area contributed by atoms with Crippen LogP contribution in [-0.2, 0) is 5.41 Å². The molecule has 0 radical (unpaired) electrons. The summed E-state index contributed by atoms with van der Waals surface area (Å²) in [5.41, 5.74) is 11.0. The number of hydrogen-bond donors (Lipinski definition) is 1. The van der Waals surface area contributed by atoms with Gasteiger partial charge in [0.2, 0.25) is 0 Å². The number of allylic oxidation sites excluding steroid dienone is 1. The van der Waals surface area contributed by atoms with Crippen molar-refractivity contribution in [1.82, 2.24) is 0 Å². The first-order valence-electron chi connectivity index (χ1n) is 7.62. The highest BCUT2D eigenvalue weighted by Crippen LogP contribution is 2.44. The van der Waals surface area contributed by atoms with Crippen molar-refractivity contribution in [3.05, 3.63) is 95.1 Å². The number of nitrogens with zero attached hydrogens (tertiary/aromatic N) is 1. The van der Waals surface area contributed by atoms with Crippen LogP contribution in [0, 0.1) is 0 Å². The molecule has 0 spiro atoms. The second kappa shape index (κ2) is 4.99. The lowest BCUT2D eigenvalue weighted by atomic mass is 9.67. The molecule has 0 unspecified atom stereocenters. The third-order valence-electron chi connectivity index (χ3n) is 4.70. The van der Waals surface area contributed by atoms with Gasteiger partial charge in [-0.3, -0.25) is 4.99 Å². The number of nitrogens with two attached hydrogens (primary N) is 1. The molecule has 0 fully saturated rings. The third kappa shape index (κ3) is 1.92. The smallest absolute Gasteiger partial charge is 0.125 e. The van der Waals surface area contributed by atoms with Gasteiger partial charge < -0.3 is 5.73 Å². The van der Waals surface area contributed by atoms with E-state index in [4.69, 9.17) is 5.73 Å². The maximum Gasteiger partial charge on any atom is 0.125 e. The minimum Gasteiger partial charge on any atom is -0.383 e. The van der Waals surface area contributed by atoms with Crippen molar-refractivity contribution < 1.29 is 0 Å². The summed E-state index contributed by atoms with van der Waals surface area (Å²) in [7, 11) is 0. The predicted octanol–water partition coefficient (Wildman–Crippen LogP) is 3.60. The van der Waals surface area contributed by atoms with Gasteiger partial charge in [-0.25, -0.2) is 0 Å². The molecule has 1 aliphatic heterocycles. The highest BCUT2D eigenvalue weighted by molar-refractivity contribution is 6.02. The Morgan fingerprint density at radius 3 is 2.05 bits per heavy atom. The molecule has 2 aromatic carbocycles. The molecule has 2 aromatic rings. The Bertz CT molecular complexity index is 743. The summed E-state index contributed by atoms with van der Waals surface area (Å²) in [5.74, 6) is 0.681. The summed E-state index contributed by atoms with van der Waals surface area (Å²) < 4.78 is 0. The summed E-state index contributed by atoms with van der Waals surface area (Å²) in [6, 6.07) is 21.4. The number of rotatable bonds is 2. The summed E-state index contributed by atoms with van der Waals surface area (Å²) in [5, 5.41) is 0. The topological polar surface area (TPSA) is 38.4 Å². The van der Waals surface area contributed by atoms with Crippen LogP contribution in [0.5, 0.6) is 0 Å². The minimum absolute atomic E-state index is 0.124. The van der Waals surface area contributed by atoms with Gasteiger partial charge in [-0.05, 0) is 23.1 Å². The number of benzene rings is 2. The second-order valence-electron chi connectivity index (χ2n) is 5.93. The van der Waals surface area contributed by atoms with Gasteiger partial charge in [0.25, 0.3) is 0 Å². The standard InChI is InChI=1S/C20H18N2/c21-19-18-11-12-20(13-15(18)14-22-19,16-7-3-1-4-8-16)17-9-5-2-6-10-17/h1-12H,13-14H2,(H2,21,22). The summed E-state index contributed by atoms with van der Waals surface area (Å²) >= 11 is 0. The van der Waals surface area contributed by atoms with Crippen LogP contribution in [0.15, 0.2) is 89.0 Å². The number of amidine groups is 1. The van der Waals surface area contributed by atoms with Crippen LogP contribution in [0.4, 0.5) is 0 Å². The average Bonchev–Trinajstić information content (AvgIpc) is 2.96. The molecule has 4 rings (SSSR count). The van der Waals surface area contributed by atoms with Gasteiger partial charge in [0, 0.05) is 11.0 Å². The van der Waals surface area contributed by atoms with Crippen LogP contribution >= 0.6 is 0 Å². The van der Waals surface area contributed by atoms with Crippen molar-refractivity contribution in [2.75, 3.05) is 6.54 Å². The van der Waals surface area contributed by atoms with Gasteiger partial charge in [0.05, 0.1) is 6.54 Å². The normalized spacial score (nSPS) is 19.0. The van der Waals surface area contributed by atoms with Crippen molar-refractivity contribution in [2.45, 2.75) is 11.8 Å². The molecule has 0 atom stereocenters. The molecular formula is C20H18N2. The van der Waals surface area contributed by atoms with E-state index in [2.05, 4.69) is 77.8 Å². The molecule has 22 heavy (non-hydrogen) atoms. The number of aliphatic imine (C=N–C) groups is 1.